The molecule has 1 heterocycles. The van der Waals surface area contributed by atoms with Crippen LogP contribution in [0.5, 0.6) is 0 Å². The van der Waals surface area contributed by atoms with Gasteiger partial charge in [-0.05, 0) is 12.1 Å². The maximum Gasteiger partial charge on any atom is 0.256 e. The van der Waals surface area contributed by atoms with E-state index in [1.165, 1.54) is 0 Å². The standard InChI is InChI=1S/C17H15N3O/c1-20-16(18-17(21)14-10-6-3-7-11-14)12-15(19-20)13-8-4-2-5-9-13/h2-12H,1H3,(H,18,21). The molecule has 0 aliphatic rings. The van der Waals surface area contributed by atoms with Gasteiger partial charge in [0.1, 0.15) is 5.82 Å². The van der Waals surface area contributed by atoms with Gasteiger partial charge in [0.2, 0.25) is 0 Å². The molecule has 0 fully saturated rings. The second kappa shape index (κ2) is 5.63. The smallest absolute Gasteiger partial charge is 0.256 e. The summed E-state index contributed by atoms with van der Waals surface area (Å²) in [6.45, 7) is 0. The molecule has 1 amide bonds. The van der Waals surface area contributed by atoms with E-state index < -0.39 is 0 Å². The summed E-state index contributed by atoms with van der Waals surface area (Å²) in [5, 5.41) is 7.31. The monoisotopic (exact) mass is 277 g/mol. The molecule has 3 aromatic rings. The van der Waals surface area contributed by atoms with Gasteiger partial charge in [-0.1, -0.05) is 48.5 Å². The van der Waals surface area contributed by atoms with Crippen molar-refractivity contribution in [1.82, 2.24) is 9.78 Å². The third-order valence-corrected chi connectivity index (χ3v) is 3.23. The maximum absolute atomic E-state index is 12.2. The summed E-state index contributed by atoms with van der Waals surface area (Å²) >= 11 is 0. The lowest BCUT2D eigenvalue weighted by molar-refractivity contribution is 0.102. The molecule has 0 saturated carbocycles. The van der Waals surface area contributed by atoms with Gasteiger partial charge < -0.3 is 5.32 Å². The Bertz CT molecular complexity index is 748. The van der Waals surface area contributed by atoms with Gasteiger partial charge in [0.15, 0.2) is 0 Å². The second-order valence-electron chi connectivity index (χ2n) is 4.72. The fourth-order valence-corrected chi connectivity index (χ4v) is 2.11. The first-order valence-electron chi connectivity index (χ1n) is 6.70. The second-order valence-corrected chi connectivity index (χ2v) is 4.72. The van der Waals surface area contributed by atoms with E-state index in [9.17, 15) is 4.79 Å². The molecule has 21 heavy (non-hydrogen) atoms. The van der Waals surface area contributed by atoms with Gasteiger partial charge >= 0.3 is 0 Å². The van der Waals surface area contributed by atoms with Crippen LogP contribution in [-0.4, -0.2) is 15.7 Å². The molecule has 104 valence electrons. The van der Waals surface area contributed by atoms with Gasteiger partial charge in [-0.25, -0.2) is 0 Å². The number of hydrogen-bond acceptors (Lipinski definition) is 2. The van der Waals surface area contributed by atoms with Crippen LogP contribution < -0.4 is 5.32 Å². The summed E-state index contributed by atoms with van der Waals surface area (Å²) in [5.41, 5.74) is 2.48. The number of carbonyl (C=O) groups excluding carboxylic acids is 1. The molecule has 1 N–H and O–H groups in total. The number of benzene rings is 2. The Morgan fingerprint density at radius 1 is 1.00 bits per heavy atom. The molecule has 1 aromatic heterocycles. The molecule has 3 rings (SSSR count). The molecule has 4 heteroatoms. The zero-order valence-corrected chi connectivity index (χ0v) is 11.7. The number of amides is 1. The highest BCUT2D eigenvalue weighted by molar-refractivity contribution is 6.04. The van der Waals surface area contributed by atoms with Gasteiger partial charge in [-0.15, -0.1) is 0 Å². The van der Waals surface area contributed by atoms with Gasteiger partial charge in [-0.2, -0.15) is 5.10 Å². The Hall–Kier alpha value is -2.88. The van der Waals surface area contributed by atoms with Crippen LogP contribution in [-0.2, 0) is 7.05 Å². The zero-order chi connectivity index (χ0) is 14.7. The van der Waals surface area contributed by atoms with E-state index in [-0.39, 0.29) is 5.91 Å². The highest BCUT2D eigenvalue weighted by Gasteiger charge is 2.11. The molecule has 0 aliphatic carbocycles. The molecule has 0 radical (unpaired) electrons. The van der Waals surface area contributed by atoms with Crippen molar-refractivity contribution in [1.29, 1.82) is 0 Å². The Labute approximate surface area is 123 Å². The van der Waals surface area contributed by atoms with Crippen LogP contribution in [0.1, 0.15) is 10.4 Å². The minimum atomic E-state index is -0.141. The van der Waals surface area contributed by atoms with E-state index in [0.29, 0.717) is 11.4 Å². The number of rotatable bonds is 3. The molecule has 0 bridgehead atoms. The van der Waals surface area contributed by atoms with Crippen LogP contribution in [0.2, 0.25) is 0 Å². The van der Waals surface area contributed by atoms with E-state index in [4.69, 9.17) is 0 Å². The van der Waals surface area contributed by atoms with Crippen molar-refractivity contribution >= 4 is 11.7 Å². The molecule has 0 saturated heterocycles. The third-order valence-electron chi connectivity index (χ3n) is 3.23. The molecule has 2 aromatic carbocycles. The zero-order valence-electron chi connectivity index (χ0n) is 11.7. The van der Waals surface area contributed by atoms with E-state index in [1.807, 2.05) is 61.6 Å². The lowest BCUT2D eigenvalue weighted by Crippen LogP contribution is -2.14. The van der Waals surface area contributed by atoms with Crippen molar-refractivity contribution < 1.29 is 4.79 Å². The van der Waals surface area contributed by atoms with E-state index in [1.54, 1.807) is 16.8 Å². The molecular weight excluding hydrogens is 262 g/mol. The highest BCUT2D eigenvalue weighted by Crippen LogP contribution is 2.21. The maximum atomic E-state index is 12.2. The normalized spacial score (nSPS) is 10.3. The summed E-state index contributed by atoms with van der Waals surface area (Å²) in [7, 11) is 1.81. The van der Waals surface area contributed by atoms with Crippen LogP contribution >= 0.6 is 0 Å². The van der Waals surface area contributed by atoms with Crippen molar-refractivity contribution in [3.05, 3.63) is 72.3 Å². The lowest BCUT2D eigenvalue weighted by atomic mass is 10.1. The van der Waals surface area contributed by atoms with Gasteiger partial charge in [0.25, 0.3) is 5.91 Å². The average Bonchev–Trinajstić information content (AvgIpc) is 2.90. The summed E-state index contributed by atoms with van der Waals surface area (Å²) in [4.78, 5) is 12.2. The number of carbonyl (C=O) groups is 1. The molecule has 0 unspecified atom stereocenters. The number of aromatic nitrogens is 2. The number of hydrogen-bond donors (Lipinski definition) is 1. The van der Waals surface area contributed by atoms with Gasteiger partial charge in [-0.3, -0.25) is 9.48 Å². The number of anilines is 1. The fourth-order valence-electron chi connectivity index (χ4n) is 2.11. The Morgan fingerprint density at radius 3 is 2.29 bits per heavy atom. The third kappa shape index (κ3) is 2.84. The predicted molar refractivity (Wildman–Crippen MR) is 83.0 cm³/mol. The van der Waals surface area contributed by atoms with Crippen LogP contribution in [0.15, 0.2) is 66.7 Å². The van der Waals surface area contributed by atoms with Gasteiger partial charge in [0.05, 0.1) is 5.69 Å². The SMILES string of the molecule is Cn1nc(-c2ccccc2)cc1NC(=O)c1ccccc1. The van der Waals surface area contributed by atoms with Crippen molar-refractivity contribution in [2.45, 2.75) is 0 Å². The largest absolute Gasteiger partial charge is 0.307 e. The molecule has 0 aliphatic heterocycles. The predicted octanol–water partition coefficient (Wildman–Crippen LogP) is 3.34. The summed E-state index contributed by atoms with van der Waals surface area (Å²) in [5.74, 6) is 0.529. The van der Waals surface area contributed by atoms with E-state index >= 15 is 0 Å². The lowest BCUT2D eigenvalue weighted by Gasteiger charge is -2.04. The minimum absolute atomic E-state index is 0.141. The van der Waals surface area contributed by atoms with Crippen LogP contribution in [0.3, 0.4) is 0 Å². The molecular formula is C17H15N3O. The topological polar surface area (TPSA) is 46.9 Å². The van der Waals surface area contributed by atoms with Gasteiger partial charge in [0, 0.05) is 24.2 Å². The van der Waals surface area contributed by atoms with Crippen molar-refractivity contribution in [2.24, 2.45) is 7.05 Å². The summed E-state index contributed by atoms with van der Waals surface area (Å²) in [6, 6.07) is 20.9. The average molecular weight is 277 g/mol. The van der Waals surface area contributed by atoms with Crippen LogP contribution in [0.4, 0.5) is 5.82 Å². The van der Waals surface area contributed by atoms with Crippen LogP contribution in [0, 0.1) is 0 Å². The molecule has 0 atom stereocenters. The first-order valence-corrected chi connectivity index (χ1v) is 6.70. The molecule has 0 spiro atoms. The number of nitrogens with one attached hydrogen (secondary N) is 1. The first-order chi connectivity index (χ1) is 10.2. The Kier molecular flexibility index (Phi) is 3.51. The Morgan fingerprint density at radius 2 is 1.62 bits per heavy atom. The number of nitrogens with zero attached hydrogens (tertiary/aromatic N) is 2. The number of aryl methyl sites for hydroxylation is 1. The molecule has 4 nitrogen and oxygen atoms in total. The minimum Gasteiger partial charge on any atom is -0.307 e. The summed E-state index contributed by atoms with van der Waals surface area (Å²) in [6.07, 6.45) is 0. The first kappa shape index (κ1) is 13.1. The van der Waals surface area contributed by atoms with E-state index in [0.717, 1.165) is 11.3 Å². The van der Waals surface area contributed by atoms with Crippen molar-refractivity contribution in [3.63, 3.8) is 0 Å². The quantitative estimate of drug-likeness (QED) is 0.798. The van der Waals surface area contributed by atoms with Crippen LogP contribution in [0.25, 0.3) is 11.3 Å². The fraction of sp³-hybridized carbons (Fsp3) is 0.0588. The van der Waals surface area contributed by atoms with E-state index in [2.05, 4.69) is 10.4 Å². The van der Waals surface area contributed by atoms with Crippen molar-refractivity contribution in [2.75, 3.05) is 5.32 Å². The highest BCUT2D eigenvalue weighted by atomic mass is 16.1. The Balaban J connectivity index is 1.84. The summed E-state index contributed by atoms with van der Waals surface area (Å²) < 4.78 is 1.67. The van der Waals surface area contributed by atoms with Crippen molar-refractivity contribution in [3.8, 4) is 11.3 Å².